The van der Waals surface area contributed by atoms with Gasteiger partial charge in [-0.1, -0.05) is 42.1 Å². The monoisotopic (exact) mass is 510 g/mol. The quantitative estimate of drug-likeness (QED) is 0.379. The fourth-order valence-corrected chi connectivity index (χ4v) is 4.20. The van der Waals surface area contributed by atoms with Gasteiger partial charge in [0.15, 0.2) is 11.5 Å². The Balaban J connectivity index is 0.000000223. The molecule has 0 radical (unpaired) electrons. The minimum atomic E-state index is -0.219. The highest BCUT2D eigenvalue weighted by Gasteiger charge is 2.16. The maximum absolute atomic E-state index is 12.5. The average Bonchev–Trinajstić information content (AvgIpc) is 3.53. The topological polar surface area (TPSA) is 77.7 Å². The number of amides is 1. The SMILES string of the molecule is C=C(C)S/C(C(=O)Nn1ccnc1)=C(\C)c1cccc(Cl)c1.COc1cc2c(cc1OC)N=CC2. The molecule has 182 valence electrons. The number of allylic oxidation sites excluding steroid dienone is 2. The molecular weight excluding hydrogens is 484 g/mol. The predicted molar refractivity (Wildman–Crippen MR) is 144 cm³/mol. The molecule has 1 aliphatic rings. The van der Waals surface area contributed by atoms with Crippen LogP contribution in [0.1, 0.15) is 25.0 Å². The summed E-state index contributed by atoms with van der Waals surface area (Å²) in [5, 5.41) is 0.631. The average molecular weight is 511 g/mol. The van der Waals surface area contributed by atoms with Gasteiger partial charge in [0.2, 0.25) is 0 Å². The summed E-state index contributed by atoms with van der Waals surface area (Å²) in [6.07, 6.45) is 7.56. The van der Waals surface area contributed by atoms with Crippen molar-refractivity contribution in [3.05, 3.63) is 87.7 Å². The van der Waals surface area contributed by atoms with Crippen LogP contribution in [-0.4, -0.2) is 36.0 Å². The van der Waals surface area contributed by atoms with Gasteiger partial charge in [-0.15, -0.1) is 0 Å². The van der Waals surface area contributed by atoms with Gasteiger partial charge in [0.25, 0.3) is 5.91 Å². The molecule has 3 aromatic rings. The number of benzene rings is 2. The van der Waals surface area contributed by atoms with E-state index in [1.165, 1.54) is 28.3 Å². The van der Waals surface area contributed by atoms with E-state index >= 15 is 0 Å². The van der Waals surface area contributed by atoms with Crippen LogP contribution >= 0.6 is 23.4 Å². The van der Waals surface area contributed by atoms with Crippen molar-refractivity contribution < 1.29 is 14.3 Å². The third-order valence-corrected chi connectivity index (χ3v) is 6.22. The van der Waals surface area contributed by atoms with E-state index in [1.54, 1.807) is 32.7 Å². The number of nitrogens with one attached hydrogen (secondary N) is 1. The molecule has 2 heterocycles. The lowest BCUT2D eigenvalue weighted by atomic mass is 10.1. The number of aromatic nitrogens is 2. The van der Waals surface area contributed by atoms with E-state index < -0.39 is 0 Å². The zero-order valence-electron chi connectivity index (χ0n) is 20.0. The first-order valence-corrected chi connectivity index (χ1v) is 11.9. The number of nitrogens with zero attached hydrogens (tertiary/aromatic N) is 3. The number of hydrogen-bond acceptors (Lipinski definition) is 6. The van der Waals surface area contributed by atoms with Crippen molar-refractivity contribution in [3.63, 3.8) is 0 Å². The van der Waals surface area contributed by atoms with Crippen LogP contribution in [-0.2, 0) is 11.2 Å². The smallest absolute Gasteiger partial charge is 0.277 e. The molecule has 0 atom stereocenters. The zero-order valence-corrected chi connectivity index (χ0v) is 21.6. The number of imidazole rings is 1. The molecule has 0 saturated heterocycles. The molecule has 0 bridgehead atoms. The molecule has 1 amide bonds. The van der Waals surface area contributed by atoms with E-state index in [-0.39, 0.29) is 5.91 Å². The predicted octanol–water partition coefficient (Wildman–Crippen LogP) is 6.27. The van der Waals surface area contributed by atoms with Gasteiger partial charge in [-0.3, -0.25) is 15.2 Å². The zero-order chi connectivity index (χ0) is 25.4. The number of carbonyl (C=O) groups is 1. The van der Waals surface area contributed by atoms with E-state index in [4.69, 9.17) is 21.1 Å². The minimum Gasteiger partial charge on any atom is -0.493 e. The summed E-state index contributed by atoms with van der Waals surface area (Å²) in [5.41, 5.74) is 6.67. The van der Waals surface area contributed by atoms with Crippen LogP contribution in [0.5, 0.6) is 11.5 Å². The van der Waals surface area contributed by atoms with Crippen molar-refractivity contribution in [1.29, 1.82) is 0 Å². The Labute approximate surface area is 214 Å². The van der Waals surface area contributed by atoms with Gasteiger partial charge < -0.3 is 9.47 Å². The lowest BCUT2D eigenvalue weighted by molar-refractivity contribution is -0.113. The summed E-state index contributed by atoms with van der Waals surface area (Å²) in [4.78, 5) is 22.1. The fourth-order valence-electron chi connectivity index (χ4n) is 3.25. The number of aliphatic imine (C=N–C) groups is 1. The Kier molecular flexibility index (Phi) is 9.17. The van der Waals surface area contributed by atoms with Gasteiger partial charge >= 0.3 is 0 Å². The lowest BCUT2D eigenvalue weighted by Gasteiger charge is -2.13. The van der Waals surface area contributed by atoms with Crippen LogP contribution in [0.4, 0.5) is 5.69 Å². The first-order chi connectivity index (χ1) is 16.8. The van der Waals surface area contributed by atoms with Gasteiger partial charge in [0.05, 0.1) is 24.8 Å². The van der Waals surface area contributed by atoms with Crippen LogP contribution in [0, 0.1) is 0 Å². The molecule has 0 fully saturated rings. The first kappa shape index (κ1) is 26.1. The summed E-state index contributed by atoms with van der Waals surface area (Å²) in [7, 11) is 3.27. The van der Waals surface area contributed by atoms with Gasteiger partial charge in [-0.05, 0) is 53.7 Å². The Morgan fingerprint density at radius 3 is 2.54 bits per heavy atom. The highest BCUT2D eigenvalue weighted by Crippen LogP contribution is 2.36. The number of methoxy groups -OCH3 is 2. The third-order valence-electron chi connectivity index (χ3n) is 4.94. The standard InChI is InChI=1S/C16H16ClN3OS.C10H11NO2/c1-11(2)22-15(16(21)19-20-8-7-18-10-20)12(3)13-5-4-6-14(17)9-13;1-12-9-5-7-3-4-11-8(7)6-10(9)13-2/h4-10H,1H2,2-3H3,(H,19,21);4-6H,3H2,1-2H3/b15-12+;. The van der Waals surface area contributed by atoms with Crippen LogP contribution in [0.3, 0.4) is 0 Å². The summed E-state index contributed by atoms with van der Waals surface area (Å²) in [6.45, 7) is 7.63. The second-order valence-corrected chi connectivity index (χ2v) is 9.28. The molecule has 0 aliphatic carbocycles. The van der Waals surface area contributed by atoms with Crippen LogP contribution in [0.25, 0.3) is 5.57 Å². The van der Waals surface area contributed by atoms with E-state index in [9.17, 15) is 4.79 Å². The molecule has 7 nitrogen and oxygen atoms in total. The number of hydrogen-bond donors (Lipinski definition) is 1. The van der Waals surface area contributed by atoms with Crippen LogP contribution in [0.2, 0.25) is 5.02 Å². The van der Waals surface area contributed by atoms with Crippen molar-refractivity contribution >= 4 is 46.7 Å². The van der Waals surface area contributed by atoms with Crippen LogP contribution in [0.15, 0.2) is 76.5 Å². The van der Waals surface area contributed by atoms with Crippen molar-refractivity contribution in [2.24, 2.45) is 4.99 Å². The molecule has 1 aliphatic heterocycles. The second-order valence-electron chi connectivity index (χ2n) is 7.53. The third kappa shape index (κ3) is 7.00. The molecule has 0 spiro atoms. The van der Waals surface area contributed by atoms with Gasteiger partial charge in [-0.25, -0.2) is 9.66 Å². The van der Waals surface area contributed by atoms with Gasteiger partial charge in [0, 0.05) is 36.1 Å². The molecule has 4 rings (SSSR count). The summed E-state index contributed by atoms with van der Waals surface area (Å²) >= 11 is 7.37. The highest BCUT2D eigenvalue weighted by molar-refractivity contribution is 8.07. The molecule has 1 aromatic heterocycles. The highest BCUT2D eigenvalue weighted by atomic mass is 35.5. The largest absolute Gasteiger partial charge is 0.493 e. The number of thioether (sulfide) groups is 1. The normalized spacial score (nSPS) is 12.1. The molecule has 0 unspecified atom stereocenters. The molecule has 9 heteroatoms. The van der Waals surface area contributed by atoms with E-state index in [0.29, 0.717) is 9.93 Å². The van der Waals surface area contributed by atoms with Crippen molar-refractivity contribution in [3.8, 4) is 11.5 Å². The first-order valence-electron chi connectivity index (χ1n) is 10.7. The fraction of sp³-hybridized carbons (Fsp3) is 0.192. The summed E-state index contributed by atoms with van der Waals surface area (Å²) in [5.74, 6) is 1.29. The maximum atomic E-state index is 12.5. The minimum absolute atomic E-state index is 0.219. The Hall–Kier alpha value is -3.49. The van der Waals surface area contributed by atoms with Crippen molar-refractivity contribution in [2.45, 2.75) is 20.3 Å². The number of fused-ring (bicyclic) bond motifs is 1. The Bertz CT molecular complexity index is 1270. The van der Waals surface area contributed by atoms with Crippen molar-refractivity contribution in [2.75, 3.05) is 19.6 Å². The van der Waals surface area contributed by atoms with E-state index in [1.807, 2.05) is 50.4 Å². The maximum Gasteiger partial charge on any atom is 0.277 e. The molecular formula is C26H27ClN4O3S. The molecule has 35 heavy (non-hydrogen) atoms. The second kappa shape index (κ2) is 12.3. The number of halogens is 1. The Morgan fingerprint density at radius 1 is 1.17 bits per heavy atom. The van der Waals surface area contributed by atoms with E-state index in [0.717, 1.165) is 39.6 Å². The number of ether oxygens (including phenoxy) is 2. The Morgan fingerprint density at radius 2 is 1.91 bits per heavy atom. The van der Waals surface area contributed by atoms with E-state index in [2.05, 4.69) is 22.0 Å². The number of carbonyl (C=O) groups excluding carboxylic acids is 1. The molecule has 1 N–H and O–H groups in total. The van der Waals surface area contributed by atoms with Gasteiger partial charge in [0.1, 0.15) is 6.33 Å². The summed E-state index contributed by atoms with van der Waals surface area (Å²) in [6, 6.07) is 11.3. The van der Waals surface area contributed by atoms with Crippen molar-refractivity contribution in [1.82, 2.24) is 9.66 Å². The lowest BCUT2D eigenvalue weighted by Crippen LogP contribution is -2.22. The molecule has 0 saturated carbocycles. The molecule has 2 aromatic carbocycles. The summed E-state index contributed by atoms with van der Waals surface area (Å²) < 4.78 is 11.9. The number of rotatable bonds is 7. The van der Waals surface area contributed by atoms with Crippen LogP contribution < -0.4 is 14.9 Å². The van der Waals surface area contributed by atoms with Gasteiger partial charge in [-0.2, -0.15) is 0 Å².